The van der Waals surface area contributed by atoms with Gasteiger partial charge < -0.3 is 20.7 Å². The van der Waals surface area contributed by atoms with Gasteiger partial charge in [0.05, 0.1) is 24.5 Å². The Hall–Kier alpha value is -2.19. The second-order valence-electron chi connectivity index (χ2n) is 6.06. The van der Waals surface area contributed by atoms with Crippen LogP contribution in [-0.4, -0.2) is 43.6 Å². The molecule has 8 heteroatoms. The number of hydrogen-bond acceptors (Lipinski definition) is 6. The number of halogens is 1. The first-order valence-electron chi connectivity index (χ1n) is 7.91. The van der Waals surface area contributed by atoms with Gasteiger partial charge in [0, 0.05) is 17.0 Å². The molecule has 0 bridgehead atoms. The molecule has 1 fully saturated rings. The van der Waals surface area contributed by atoms with Gasteiger partial charge in [-0.2, -0.15) is 5.10 Å². The van der Waals surface area contributed by atoms with Crippen molar-refractivity contribution in [2.45, 2.75) is 24.7 Å². The zero-order chi connectivity index (χ0) is 17.6. The molecule has 130 valence electrons. The van der Waals surface area contributed by atoms with Crippen LogP contribution in [0, 0.1) is 0 Å². The van der Waals surface area contributed by atoms with Crippen molar-refractivity contribution in [3.05, 3.63) is 47.4 Å². The molecule has 4 N–H and O–H groups in total. The van der Waals surface area contributed by atoms with Gasteiger partial charge in [0.2, 0.25) is 0 Å². The summed E-state index contributed by atoms with van der Waals surface area (Å²) in [5.41, 5.74) is 9.12. The lowest BCUT2D eigenvalue weighted by atomic mass is 10.0. The highest BCUT2D eigenvalue weighted by atomic mass is 35.5. The smallest absolute Gasteiger partial charge is 0.151 e. The summed E-state index contributed by atoms with van der Waals surface area (Å²) in [6.45, 7) is -0.141. The third-order valence-electron chi connectivity index (χ3n) is 4.45. The maximum absolute atomic E-state index is 10.3. The van der Waals surface area contributed by atoms with Crippen molar-refractivity contribution in [1.29, 1.82) is 0 Å². The van der Waals surface area contributed by atoms with Crippen molar-refractivity contribution in [2.24, 2.45) is 0 Å². The van der Waals surface area contributed by atoms with Gasteiger partial charge in [-0.05, 0) is 23.8 Å². The number of nitrogens with zero attached hydrogens (tertiary/aromatic N) is 3. The fourth-order valence-electron chi connectivity index (χ4n) is 3.28. The van der Waals surface area contributed by atoms with Crippen molar-refractivity contribution >= 4 is 22.9 Å². The SMILES string of the molecule is Nc1ncnn2c([C@@H]3O[C@H](CO)C[C@H]3O)cc(-c3ccc(Cl)cc3)c12. The molecule has 0 spiro atoms. The average Bonchev–Trinajstić information content (AvgIpc) is 3.17. The predicted molar refractivity (Wildman–Crippen MR) is 93.2 cm³/mol. The highest BCUT2D eigenvalue weighted by molar-refractivity contribution is 6.30. The summed E-state index contributed by atoms with van der Waals surface area (Å²) in [5.74, 6) is 0.331. The Kier molecular flexibility index (Phi) is 4.09. The molecule has 3 aromatic rings. The summed E-state index contributed by atoms with van der Waals surface area (Å²) in [6.07, 6.45) is 0.00124. The second-order valence-corrected chi connectivity index (χ2v) is 6.50. The first kappa shape index (κ1) is 16.3. The Morgan fingerprint density at radius 2 is 2.08 bits per heavy atom. The summed E-state index contributed by atoms with van der Waals surface area (Å²) in [6, 6.07) is 9.25. The molecular weight excluding hydrogens is 344 g/mol. The van der Waals surface area contributed by atoms with Gasteiger partial charge in [0.1, 0.15) is 17.9 Å². The van der Waals surface area contributed by atoms with Crippen molar-refractivity contribution < 1.29 is 14.9 Å². The van der Waals surface area contributed by atoms with Crippen LogP contribution >= 0.6 is 11.6 Å². The fourth-order valence-corrected chi connectivity index (χ4v) is 3.40. The quantitative estimate of drug-likeness (QED) is 0.657. The highest BCUT2D eigenvalue weighted by Crippen LogP contribution is 2.38. The lowest BCUT2D eigenvalue weighted by Gasteiger charge is -2.14. The monoisotopic (exact) mass is 360 g/mol. The molecule has 1 aliphatic heterocycles. The largest absolute Gasteiger partial charge is 0.394 e. The van der Waals surface area contributed by atoms with Crippen LogP contribution in [0.3, 0.4) is 0 Å². The third kappa shape index (κ3) is 2.75. The Bertz CT molecular complexity index is 912. The average molecular weight is 361 g/mol. The minimum Gasteiger partial charge on any atom is -0.394 e. The molecule has 7 nitrogen and oxygen atoms in total. The molecule has 1 aromatic carbocycles. The van der Waals surface area contributed by atoms with Gasteiger partial charge in [0.15, 0.2) is 5.82 Å². The number of nitrogen functional groups attached to an aromatic ring is 1. The zero-order valence-corrected chi connectivity index (χ0v) is 14.0. The minimum atomic E-state index is -0.732. The van der Waals surface area contributed by atoms with E-state index in [0.29, 0.717) is 28.5 Å². The van der Waals surface area contributed by atoms with E-state index in [2.05, 4.69) is 10.1 Å². The topological polar surface area (TPSA) is 106 Å². The number of ether oxygens (including phenoxy) is 1. The molecule has 25 heavy (non-hydrogen) atoms. The van der Waals surface area contributed by atoms with Crippen molar-refractivity contribution in [2.75, 3.05) is 12.3 Å². The minimum absolute atomic E-state index is 0.141. The van der Waals surface area contributed by atoms with Crippen LogP contribution in [0.1, 0.15) is 18.2 Å². The number of anilines is 1. The van der Waals surface area contributed by atoms with Crippen LogP contribution < -0.4 is 5.73 Å². The molecule has 1 aliphatic rings. The van der Waals surface area contributed by atoms with E-state index in [1.165, 1.54) is 6.33 Å². The van der Waals surface area contributed by atoms with Gasteiger partial charge in [0.25, 0.3) is 0 Å². The molecule has 0 amide bonds. The number of hydrogen-bond donors (Lipinski definition) is 3. The Morgan fingerprint density at radius 3 is 2.76 bits per heavy atom. The van der Waals surface area contributed by atoms with E-state index in [4.69, 9.17) is 22.1 Å². The first-order valence-corrected chi connectivity index (χ1v) is 8.28. The third-order valence-corrected chi connectivity index (χ3v) is 4.71. The number of aliphatic hydroxyl groups is 2. The lowest BCUT2D eigenvalue weighted by molar-refractivity contribution is -0.0136. The molecule has 3 atom stereocenters. The van der Waals surface area contributed by atoms with Crippen LogP contribution in [0.2, 0.25) is 5.02 Å². The summed E-state index contributed by atoms with van der Waals surface area (Å²) in [7, 11) is 0. The Balaban J connectivity index is 1.89. The number of nitrogens with two attached hydrogens (primary N) is 1. The molecule has 0 unspecified atom stereocenters. The van der Waals surface area contributed by atoms with Crippen LogP contribution in [0.4, 0.5) is 5.82 Å². The first-order chi connectivity index (χ1) is 12.1. The molecular formula is C17H17ClN4O3. The van der Waals surface area contributed by atoms with Crippen LogP contribution in [-0.2, 0) is 4.74 Å². The number of rotatable bonds is 3. The standard InChI is InChI=1S/C17H17ClN4O3/c18-10-3-1-9(2-4-10)12-6-13(16-14(24)5-11(7-23)25-16)22-15(12)17(19)20-8-21-22/h1-4,6,8,11,14,16,23-24H,5,7H2,(H2,19,20,21)/t11-,14+,16-/m0/s1. The van der Waals surface area contributed by atoms with Gasteiger partial charge in [-0.25, -0.2) is 9.50 Å². The number of fused-ring (bicyclic) bond motifs is 1. The van der Waals surface area contributed by atoms with Crippen LogP contribution in [0.15, 0.2) is 36.7 Å². The molecule has 0 aliphatic carbocycles. The van der Waals surface area contributed by atoms with E-state index in [-0.39, 0.29) is 6.61 Å². The normalized spacial score (nSPS) is 23.4. The van der Waals surface area contributed by atoms with Gasteiger partial charge in [-0.15, -0.1) is 0 Å². The summed E-state index contributed by atoms with van der Waals surface area (Å²) < 4.78 is 7.42. The summed E-state index contributed by atoms with van der Waals surface area (Å²) >= 11 is 5.98. The number of aliphatic hydroxyl groups excluding tert-OH is 2. The van der Waals surface area contributed by atoms with E-state index in [0.717, 1.165) is 11.1 Å². The van der Waals surface area contributed by atoms with E-state index < -0.39 is 18.3 Å². The Morgan fingerprint density at radius 1 is 1.32 bits per heavy atom. The molecule has 3 heterocycles. The maximum atomic E-state index is 10.3. The van der Waals surface area contributed by atoms with E-state index in [1.807, 2.05) is 18.2 Å². The summed E-state index contributed by atoms with van der Waals surface area (Å²) in [4.78, 5) is 4.08. The highest BCUT2D eigenvalue weighted by Gasteiger charge is 2.37. The van der Waals surface area contributed by atoms with Gasteiger partial charge in [-0.1, -0.05) is 23.7 Å². The molecule has 1 saturated heterocycles. The van der Waals surface area contributed by atoms with Crippen molar-refractivity contribution in [3.8, 4) is 11.1 Å². The van der Waals surface area contributed by atoms with Crippen LogP contribution in [0.5, 0.6) is 0 Å². The zero-order valence-electron chi connectivity index (χ0n) is 13.2. The lowest BCUT2D eigenvalue weighted by Crippen LogP contribution is -2.15. The number of aromatic nitrogens is 3. The molecule has 0 saturated carbocycles. The second kappa shape index (κ2) is 6.27. The van der Waals surface area contributed by atoms with Gasteiger partial charge in [-0.3, -0.25) is 0 Å². The predicted octanol–water partition coefficient (Wildman–Crippen LogP) is 1.82. The maximum Gasteiger partial charge on any atom is 0.151 e. The Labute approximate surface area is 148 Å². The van der Waals surface area contributed by atoms with E-state index in [9.17, 15) is 10.2 Å². The summed E-state index contributed by atoms with van der Waals surface area (Å²) in [5, 5.41) is 24.6. The van der Waals surface area contributed by atoms with Crippen molar-refractivity contribution in [3.63, 3.8) is 0 Å². The molecule has 0 radical (unpaired) electrons. The van der Waals surface area contributed by atoms with Crippen LogP contribution in [0.25, 0.3) is 16.6 Å². The number of benzene rings is 1. The van der Waals surface area contributed by atoms with E-state index in [1.54, 1.807) is 16.6 Å². The molecule has 2 aromatic heterocycles. The van der Waals surface area contributed by atoms with Crippen molar-refractivity contribution in [1.82, 2.24) is 14.6 Å². The van der Waals surface area contributed by atoms with E-state index >= 15 is 0 Å². The fraction of sp³-hybridized carbons (Fsp3) is 0.294. The van der Waals surface area contributed by atoms with Gasteiger partial charge >= 0.3 is 0 Å². The molecule has 4 rings (SSSR count).